The molecule has 0 radical (unpaired) electrons. The molecule has 1 heterocycles. The molecule has 0 spiro atoms. The second-order valence-corrected chi connectivity index (χ2v) is 8.17. The predicted molar refractivity (Wildman–Crippen MR) is 110 cm³/mol. The van der Waals surface area contributed by atoms with Gasteiger partial charge >= 0.3 is 0 Å². The number of hydrogen-bond acceptors (Lipinski definition) is 6. The highest BCUT2D eigenvalue weighted by atomic mass is 35.5. The van der Waals surface area contributed by atoms with Crippen LogP contribution in [0.5, 0.6) is 0 Å². The summed E-state index contributed by atoms with van der Waals surface area (Å²) >= 11 is 14.2. The molecule has 0 fully saturated rings. The Morgan fingerprint density at radius 1 is 1.00 bits per heavy atom. The largest absolute Gasteiger partial charge is 0.325 e. The van der Waals surface area contributed by atoms with Crippen molar-refractivity contribution in [1.82, 2.24) is 10.2 Å². The van der Waals surface area contributed by atoms with Gasteiger partial charge in [0, 0.05) is 11.3 Å². The van der Waals surface area contributed by atoms with Crippen LogP contribution in [0, 0.1) is 0 Å². The van der Waals surface area contributed by atoms with Gasteiger partial charge in [0.2, 0.25) is 11.0 Å². The van der Waals surface area contributed by atoms with E-state index in [0.717, 1.165) is 5.69 Å². The summed E-state index contributed by atoms with van der Waals surface area (Å²) in [6, 6.07) is 13.8. The van der Waals surface area contributed by atoms with Gasteiger partial charge in [-0.3, -0.25) is 14.9 Å². The van der Waals surface area contributed by atoms with Crippen molar-refractivity contribution in [2.75, 3.05) is 16.4 Å². The fraction of sp³-hybridized carbons (Fsp3) is 0.0588. The summed E-state index contributed by atoms with van der Waals surface area (Å²) in [4.78, 5) is 24.2. The number of halogens is 2. The molecule has 10 heteroatoms. The number of rotatable bonds is 6. The Balaban J connectivity index is 1.52. The number of benzene rings is 2. The van der Waals surface area contributed by atoms with Gasteiger partial charge in [-0.2, -0.15) is 0 Å². The smallest absolute Gasteiger partial charge is 0.257 e. The van der Waals surface area contributed by atoms with Crippen molar-refractivity contribution in [3.8, 4) is 0 Å². The third-order valence-electron chi connectivity index (χ3n) is 3.19. The van der Waals surface area contributed by atoms with Crippen LogP contribution >= 0.6 is 46.3 Å². The first-order valence-corrected chi connectivity index (χ1v) is 10.1. The number of nitrogens with zero attached hydrogens (tertiary/aromatic N) is 2. The zero-order valence-electron chi connectivity index (χ0n) is 13.6. The summed E-state index contributed by atoms with van der Waals surface area (Å²) in [6.07, 6.45) is 0. The Morgan fingerprint density at radius 3 is 2.52 bits per heavy atom. The lowest BCUT2D eigenvalue weighted by atomic mass is 10.2. The highest BCUT2D eigenvalue weighted by Crippen LogP contribution is 2.27. The number of amides is 2. The van der Waals surface area contributed by atoms with E-state index in [0.29, 0.717) is 25.1 Å². The van der Waals surface area contributed by atoms with E-state index in [9.17, 15) is 9.59 Å². The van der Waals surface area contributed by atoms with Crippen molar-refractivity contribution < 1.29 is 9.59 Å². The third-order valence-corrected chi connectivity index (χ3v) is 5.90. The highest BCUT2D eigenvalue weighted by molar-refractivity contribution is 8.01. The maximum atomic E-state index is 12.2. The molecule has 3 rings (SSSR count). The van der Waals surface area contributed by atoms with Gasteiger partial charge < -0.3 is 5.32 Å². The lowest BCUT2D eigenvalue weighted by molar-refractivity contribution is -0.113. The monoisotopic (exact) mass is 438 g/mol. The Hall–Kier alpha value is -2.13. The lowest BCUT2D eigenvalue weighted by Crippen LogP contribution is -2.13. The van der Waals surface area contributed by atoms with Crippen molar-refractivity contribution >= 4 is 68.9 Å². The third kappa shape index (κ3) is 5.67. The van der Waals surface area contributed by atoms with Crippen LogP contribution in [0.25, 0.3) is 0 Å². The molecule has 138 valence electrons. The quantitative estimate of drug-likeness (QED) is 0.425. The van der Waals surface area contributed by atoms with Gasteiger partial charge in [0.15, 0.2) is 4.34 Å². The summed E-state index contributed by atoms with van der Waals surface area (Å²) < 4.78 is 0.572. The van der Waals surface area contributed by atoms with Crippen LogP contribution in [-0.4, -0.2) is 27.8 Å². The van der Waals surface area contributed by atoms with Crippen molar-refractivity contribution in [3.63, 3.8) is 0 Å². The number of para-hydroxylation sites is 1. The maximum absolute atomic E-state index is 12.2. The van der Waals surface area contributed by atoms with E-state index in [1.807, 2.05) is 30.3 Å². The van der Waals surface area contributed by atoms with E-state index in [1.54, 1.807) is 12.1 Å². The molecular formula is C17H12Cl2N4O2S2. The van der Waals surface area contributed by atoms with Gasteiger partial charge in [0.05, 0.1) is 15.8 Å². The summed E-state index contributed by atoms with van der Waals surface area (Å²) in [5.41, 5.74) is 1.09. The minimum Gasteiger partial charge on any atom is -0.325 e. The fourth-order valence-electron chi connectivity index (χ4n) is 1.97. The molecule has 0 unspecified atom stereocenters. The van der Waals surface area contributed by atoms with Crippen molar-refractivity contribution in [2.24, 2.45) is 0 Å². The molecule has 0 atom stereocenters. The number of carbonyl (C=O) groups excluding carboxylic acids is 2. The van der Waals surface area contributed by atoms with E-state index in [1.165, 1.54) is 29.2 Å². The van der Waals surface area contributed by atoms with Crippen molar-refractivity contribution in [1.29, 1.82) is 0 Å². The number of thioether (sulfide) groups is 1. The molecule has 6 nitrogen and oxygen atoms in total. The predicted octanol–water partition coefficient (Wildman–Crippen LogP) is 4.83. The fourth-order valence-corrected chi connectivity index (χ4v) is 3.82. The molecule has 0 aliphatic carbocycles. The minimum atomic E-state index is -0.372. The van der Waals surface area contributed by atoms with Gasteiger partial charge in [-0.25, -0.2) is 0 Å². The average molecular weight is 439 g/mol. The molecule has 2 amide bonds. The van der Waals surface area contributed by atoms with Crippen LogP contribution in [-0.2, 0) is 4.79 Å². The molecule has 1 aromatic heterocycles. The molecule has 0 saturated carbocycles. The Morgan fingerprint density at radius 2 is 1.78 bits per heavy atom. The summed E-state index contributed by atoms with van der Waals surface area (Å²) in [6.45, 7) is 0. The first-order chi connectivity index (χ1) is 13.0. The molecule has 2 aromatic carbocycles. The number of anilines is 2. The van der Waals surface area contributed by atoms with E-state index in [2.05, 4.69) is 20.8 Å². The topological polar surface area (TPSA) is 84.0 Å². The Bertz CT molecular complexity index is 967. The number of aromatic nitrogens is 2. The van der Waals surface area contributed by atoms with Gasteiger partial charge in [-0.15, -0.1) is 10.2 Å². The first-order valence-electron chi connectivity index (χ1n) is 7.59. The number of nitrogens with one attached hydrogen (secondary N) is 2. The first kappa shape index (κ1) is 19.6. The summed E-state index contributed by atoms with van der Waals surface area (Å²) in [5.74, 6) is -0.338. The normalized spacial score (nSPS) is 10.4. The standard InChI is InChI=1S/C17H12Cl2N4O2S2/c18-12-7-6-10(8-13(12)19)15(25)21-16-22-23-17(27-16)26-9-14(24)20-11-4-2-1-3-5-11/h1-8H,9H2,(H,20,24)(H,21,22,25). The molecule has 0 aliphatic heterocycles. The molecule has 2 N–H and O–H groups in total. The van der Waals surface area contributed by atoms with Crippen LogP contribution in [0.4, 0.5) is 10.8 Å². The molecule has 27 heavy (non-hydrogen) atoms. The van der Waals surface area contributed by atoms with Crippen LogP contribution in [0.2, 0.25) is 10.0 Å². The summed E-state index contributed by atoms with van der Waals surface area (Å²) in [7, 11) is 0. The zero-order chi connectivity index (χ0) is 19.2. The summed E-state index contributed by atoms with van der Waals surface area (Å²) in [5, 5.41) is 14.3. The second kappa shape index (κ2) is 9.18. The average Bonchev–Trinajstić information content (AvgIpc) is 3.10. The molecule has 0 saturated heterocycles. The van der Waals surface area contributed by atoms with Gasteiger partial charge in [-0.05, 0) is 30.3 Å². The Kier molecular flexibility index (Phi) is 6.68. The van der Waals surface area contributed by atoms with E-state index in [-0.39, 0.29) is 17.6 Å². The van der Waals surface area contributed by atoms with E-state index < -0.39 is 0 Å². The van der Waals surface area contributed by atoms with Crippen LogP contribution in [0.3, 0.4) is 0 Å². The van der Waals surface area contributed by atoms with Crippen molar-refractivity contribution in [2.45, 2.75) is 4.34 Å². The lowest BCUT2D eigenvalue weighted by Gasteiger charge is -2.03. The number of hydrogen-bond donors (Lipinski definition) is 2. The molecular weight excluding hydrogens is 427 g/mol. The molecule has 3 aromatic rings. The van der Waals surface area contributed by atoms with Gasteiger partial charge in [-0.1, -0.05) is 64.5 Å². The van der Waals surface area contributed by atoms with Crippen LogP contribution < -0.4 is 10.6 Å². The molecule has 0 aliphatic rings. The van der Waals surface area contributed by atoms with Crippen LogP contribution in [0.1, 0.15) is 10.4 Å². The van der Waals surface area contributed by atoms with E-state index in [4.69, 9.17) is 23.2 Å². The van der Waals surface area contributed by atoms with Crippen LogP contribution in [0.15, 0.2) is 52.9 Å². The molecule has 0 bridgehead atoms. The number of carbonyl (C=O) groups is 2. The SMILES string of the molecule is O=C(CSc1nnc(NC(=O)c2ccc(Cl)c(Cl)c2)s1)Nc1ccccc1. The Labute approximate surface area is 173 Å². The van der Waals surface area contributed by atoms with Crippen molar-refractivity contribution in [3.05, 3.63) is 64.1 Å². The highest BCUT2D eigenvalue weighted by Gasteiger charge is 2.13. The van der Waals surface area contributed by atoms with E-state index >= 15 is 0 Å². The minimum absolute atomic E-state index is 0.150. The maximum Gasteiger partial charge on any atom is 0.257 e. The zero-order valence-corrected chi connectivity index (χ0v) is 16.8. The second-order valence-electron chi connectivity index (χ2n) is 5.16. The van der Waals surface area contributed by atoms with Gasteiger partial charge in [0.25, 0.3) is 5.91 Å². The van der Waals surface area contributed by atoms with Gasteiger partial charge in [0.1, 0.15) is 0 Å².